The summed E-state index contributed by atoms with van der Waals surface area (Å²) in [5.74, 6) is 1.02. The Hall–Kier alpha value is -3.46. The van der Waals surface area contributed by atoms with E-state index in [9.17, 15) is 14.7 Å². The van der Waals surface area contributed by atoms with Gasteiger partial charge < -0.3 is 15.7 Å². The highest BCUT2D eigenvalue weighted by Crippen LogP contribution is 2.43. The largest absolute Gasteiger partial charge is 0.478 e. The standard InChI is InChI=1S/C24H16Cl2N2O3/c1-2-14-6-8-18(22(29)30)20(11-14)28-24(13-15-4-3-5-16(25)10-15)19-9-7-17(26)12-21(19)27-23(24)31/h1,3-12,28H,13H2,(H,27,31)(H,29,30). The number of halogens is 2. The maximum atomic E-state index is 13.4. The second kappa shape index (κ2) is 7.99. The van der Waals surface area contributed by atoms with Crippen LogP contribution < -0.4 is 10.6 Å². The first kappa shape index (κ1) is 20.8. The van der Waals surface area contributed by atoms with Gasteiger partial charge in [0.05, 0.1) is 11.3 Å². The van der Waals surface area contributed by atoms with Crippen molar-refractivity contribution in [3.63, 3.8) is 0 Å². The minimum atomic E-state index is -1.30. The first-order valence-corrected chi connectivity index (χ1v) is 10.1. The molecule has 1 atom stereocenters. The maximum Gasteiger partial charge on any atom is 0.337 e. The lowest BCUT2D eigenvalue weighted by molar-refractivity contribution is -0.119. The smallest absolute Gasteiger partial charge is 0.337 e. The number of carboxylic acid groups (broad SMARTS) is 1. The van der Waals surface area contributed by atoms with Gasteiger partial charge in [0.1, 0.15) is 5.54 Å². The van der Waals surface area contributed by atoms with Crippen molar-refractivity contribution in [2.45, 2.75) is 12.0 Å². The van der Waals surface area contributed by atoms with E-state index >= 15 is 0 Å². The van der Waals surface area contributed by atoms with E-state index in [0.717, 1.165) is 5.56 Å². The Morgan fingerprint density at radius 2 is 1.87 bits per heavy atom. The molecule has 4 rings (SSSR count). The molecule has 1 aliphatic rings. The van der Waals surface area contributed by atoms with Crippen LogP contribution in [0.1, 0.15) is 27.0 Å². The van der Waals surface area contributed by atoms with Crippen molar-refractivity contribution in [1.29, 1.82) is 0 Å². The molecule has 0 bridgehead atoms. The molecule has 1 aliphatic heterocycles. The third kappa shape index (κ3) is 3.84. The van der Waals surface area contributed by atoms with Crippen LogP contribution >= 0.6 is 23.2 Å². The topological polar surface area (TPSA) is 78.4 Å². The van der Waals surface area contributed by atoms with Crippen LogP contribution in [0.4, 0.5) is 11.4 Å². The van der Waals surface area contributed by atoms with Gasteiger partial charge in [0.15, 0.2) is 0 Å². The molecule has 0 spiro atoms. The fourth-order valence-corrected chi connectivity index (χ4v) is 4.18. The van der Waals surface area contributed by atoms with Gasteiger partial charge in [-0.25, -0.2) is 4.79 Å². The van der Waals surface area contributed by atoms with E-state index in [1.807, 2.05) is 6.07 Å². The lowest BCUT2D eigenvalue weighted by Crippen LogP contribution is -2.44. The van der Waals surface area contributed by atoms with Crippen molar-refractivity contribution in [2.24, 2.45) is 0 Å². The third-order valence-electron chi connectivity index (χ3n) is 5.20. The number of benzene rings is 3. The molecular formula is C24H16Cl2N2O3. The van der Waals surface area contributed by atoms with Crippen molar-refractivity contribution >= 4 is 46.5 Å². The Kier molecular flexibility index (Phi) is 5.36. The number of aromatic carboxylic acids is 1. The van der Waals surface area contributed by atoms with Gasteiger partial charge in [-0.05, 0) is 48.0 Å². The van der Waals surface area contributed by atoms with Gasteiger partial charge in [-0.3, -0.25) is 4.79 Å². The van der Waals surface area contributed by atoms with E-state index in [2.05, 4.69) is 16.6 Å². The second-order valence-electron chi connectivity index (χ2n) is 7.19. The molecule has 7 heteroatoms. The molecule has 5 nitrogen and oxygen atoms in total. The number of hydrogen-bond acceptors (Lipinski definition) is 3. The van der Waals surface area contributed by atoms with Gasteiger partial charge in [-0.15, -0.1) is 6.42 Å². The molecule has 0 aromatic heterocycles. The summed E-state index contributed by atoms with van der Waals surface area (Å²) >= 11 is 12.3. The van der Waals surface area contributed by atoms with Crippen molar-refractivity contribution in [3.8, 4) is 12.3 Å². The molecule has 0 fully saturated rings. The highest BCUT2D eigenvalue weighted by molar-refractivity contribution is 6.31. The zero-order valence-electron chi connectivity index (χ0n) is 16.1. The van der Waals surface area contributed by atoms with Crippen LogP contribution in [0.25, 0.3) is 0 Å². The number of nitrogens with one attached hydrogen (secondary N) is 2. The number of carbonyl (C=O) groups excluding carboxylic acids is 1. The van der Waals surface area contributed by atoms with Gasteiger partial charge in [-0.1, -0.05) is 47.3 Å². The number of carboxylic acids is 1. The summed E-state index contributed by atoms with van der Waals surface area (Å²) in [4.78, 5) is 25.2. The molecule has 0 saturated heterocycles. The summed E-state index contributed by atoms with van der Waals surface area (Å²) in [5, 5.41) is 16.7. The fourth-order valence-electron chi connectivity index (χ4n) is 3.79. The number of rotatable bonds is 5. The molecule has 154 valence electrons. The van der Waals surface area contributed by atoms with Crippen LogP contribution in [-0.2, 0) is 16.8 Å². The van der Waals surface area contributed by atoms with E-state index in [1.54, 1.807) is 48.5 Å². The quantitative estimate of drug-likeness (QED) is 0.468. The summed E-state index contributed by atoms with van der Waals surface area (Å²) in [6.45, 7) is 0. The number of carbonyl (C=O) groups is 2. The average molecular weight is 451 g/mol. The normalized spacial score (nSPS) is 16.9. The molecule has 1 unspecified atom stereocenters. The van der Waals surface area contributed by atoms with Gasteiger partial charge in [0.25, 0.3) is 5.91 Å². The molecule has 1 amide bonds. The number of fused-ring (bicyclic) bond motifs is 1. The Morgan fingerprint density at radius 1 is 1.10 bits per heavy atom. The minimum absolute atomic E-state index is 0.000294. The van der Waals surface area contributed by atoms with E-state index < -0.39 is 11.5 Å². The first-order chi connectivity index (χ1) is 14.8. The van der Waals surface area contributed by atoms with Gasteiger partial charge in [-0.2, -0.15) is 0 Å². The predicted octanol–water partition coefficient (Wildman–Crippen LogP) is 5.18. The van der Waals surface area contributed by atoms with E-state index in [-0.39, 0.29) is 23.6 Å². The number of amides is 1. The van der Waals surface area contributed by atoms with Crippen LogP contribution in [0.3, 0.4) is 0 Å². The molecule has 3 aromatic carbocycles. The first-order valence-electron chi connectivity index (χ1n) is 9.30. The molecule has 0 aliphatic carbocycles. The van der Waals surface area contributed by atoms with Gasteiger partial charge in [0, 0.05) is 33.3 Å². The van der Waals surface area contributed by atoms with Crippen molar-refractivity contribution < 1.29 is 14.7 Å². The molecule has 1 heterocycles. The van der Waals surface area contributed by atoms with Crippen LogP contribution in [0, 0.1) is 12.3 Å². The zero-order chi connectivity index (χ0) is 22.2. The summed E-state index contributed by atoms with van der Waals surface area (Å²) in [5.41, 5.74) is 1.41. The van der Waals surface area contributed by atoms with Gasteiger partial charge in [0.2, 0.25) is 0 Å². The maximum absolute atomic E-state index is 13.4. The molecular weight excluding hydrogens is 435 g/mol. The van der Waals surface area contributed by atoms with Crippen LogP contribution in [-0.4, -0.2) is 17.0 Å². The lowest BCUT2D eigenvalue weighted by atomic mass is 9.84. The predicted molar refractivity (Wildman–Crippen MR) is 122 cm³/mol. The SMILES string of the molecule is C#Cc1ccc(C(=O)O)c(NC2(Cc3cccc(Cl)c3)C(=O)Nc3cc(Cl)ccc32)c1. The fraction of sp³-hybridized carbons (Fsp3) is 0.0833. The Morgan fingerprint density at radius 3 is 2.58 bits per heavy atom. The molecule has 3 N–H and O–H groups in total. The molecule has 0 radical (unpaired) electrons. The summed E-state index contributed by atoms with van der Waals surface area (Å²) in [7, 11) is 0. The second-order valence-corrected chi connectivity index (χ2v) is 8.06. The Bertz CT molecular complexity index is 1270. The third-order valence-corrected chi connectivity index (χ3v) is 5.67. The van der Waals surface area contributed by atoms with Crippen LogP contribution in [0.5, 0.6) is 0 Å². The van der Waals surface area contributed by atoms with E-state index in [0.29, 0.717) is 26.9 Å². The molecule has 31 heavy (non-hydrogen) atoms. The number of hydrogen-bond donors (Lipinski definition) is 3. The summed E-state index contributed by atoms with van der Waals surface area (Å²) in [6.07, 6.45) is 5.73. The Balaban J connectivity index is 1.91. The number of anilines is 2. The highest BCUT2D eigenvalue weighted by atomic mass is 35.5. The van der Waals surface area contributed by atoms with Crippen LogP contribution in [0.2, 0.25) is 10.0 Å². The van der Waals surface area contributed by atoms with Crippen molar-refractivity contribution in [2.75, 3.05) is 10.6 Å². The Labute approximate surface area is 189 Å². The van der Waals surface area contributed by atoms with Gasteiger partial charge >= 0.3 is 5.97 Å². The van der Waals surface area contributed by atoms with Crippen LogP contribution in [0.15, 0.2) is 60.7 Å². The average Bonchev–Trinajstić information content (AvgIpc) is 2.98. The monoisotopic (exact) mass is 450 g/mol. The summed E-state index contributed by atoms with van der Waals surface area (Å²) < 4.78 is 0. The van der Waals surface area contributed by atoms with Crippen molar-refractivity contribution in [3.05, 3.63) is 93.0 Å². The zero-order valence-corrected chi connectivity index (χ0v) is 17.6. The number of terminal acetylenes is 1. The lowest BCUT2D eigenvalue weighted by Gasteiger charge is -2.31. The van der Waals surface area contributed by atoms with E-state index in [4.69, 9.17) is 29.6 Å². The van der Waals surface area contributed by atoms with E-state index in [1.165, 1.54) is 6.07 Å². The van der Waals surface area contributed by atoms with Crippen molar-refractivity contribution in [1.82, 2.24) is 0 Å². The highest BCUT2D eigenvalue weighted by Gasteiger charge is 2.47. The molecule has 3 aromatic rings. The summed E-state index contributed by atoms with van der Waals surface area (Å²) in [6, 6.07) is 16.8. The molecule has 0 saturated carbocycles. The minimum Gasteiger partial charge on any atom is -0.478 e.